The minimum absolute atomic E-state index is 0.291. The molecule has 1 amide bonds. The van der Waals surface area contributed by atoms with Crippen molar-refractivity contribution in [1.29, 1.82) is 0 Å². The van der Waals surface area contributed by atoms with Crippen LogP contribution in [0, 0.1) is 12.7 Å². The average Bonchev–Trinajstić information content (AvgIpc) is 3.26. The highest BCUT2D eigenvalue weighted by Crippen LogP contribution is 2.28. The summed E-state index contributed by atoms with van der Waals surface area (Å²) in [5.41, 5.74) is 1.42. The molecular formula is C16H13FN6OS. The molecule has 0 atom stereocenters. The number of nitrogens with zero attached hydrogens (tertiary/aromatic N) is 5. The normalized spacial score (nSPS) is 11.2. The highest BCUT2D eigenvalue weighted by molar-refractivity contribution is 7.20. The molecule has 0 aliphatic rings. The number of rotatable bonds is 3. The Balaban J connectivity index is 1.74. The fourth-order valence-electron chi connectivity index (χ4n) is 2.51. The minimum atomic E-state index is -0.385. The van der Waals surface area contributed by atoms with E-state index in [0.717, 1.165) is 0 Å². The van der Waals surface area contributed by atoms with Crippen LogP contribution >= 0.6 is 11.3 Å². The number of anilines is 1. The van der Waals surface area contributed by atoms with E-state index in [9.17, 15) is 9.18 Å². The van der Waals surface area contributed by atoms with Crippen molar-refractivity contribution in [3.05, 3.63) is 53.7 Å². The molecule has 126 valence electrons. The van der Waals surface area contributed by atoms with Crippen LogP contribution in [0.1, 0.15) is 16.2 Å². The van der Waals surface area contributed by atoms with Crippen molar-refractivity contribution in [3.8, 4) is 5.13 Å². The van der Waals surface area contributed by atoms with Crippen molar-refractivity contribution in [1.82, 2.24) is 24.5 Å². The van der Waals surface area contributed by atoms with E-state index in [4.69, 9.17) is 0 Å². The number of para-hydroxylation sites is 1. The molecule has 7 nitrogen and oxygen atoms in total. The Morgan fingerprint density at radius 3 is 2.88 bits per heavy atom. The monoisotopic (exact) mass is 356 g/mol. The predicted molar refractivity (Wildman–Crippen MR) is 92.6 cm³/mol. The Hall–Kier alpha value is -3.07. The van der Waals surface area contributed by atoms with E-state index >= 15 is 0 Å². The van der Waals surface area contributed by atoms with Crippen LogP contribution in [0.5, 0.6) is 0 Å². The summed E-state index contributed by atoms with van der Waals surface area (Å²) in [5.74, 6) is -0.235. The Bertz CT molecular complexity index is 1100. The van der Waals surface area contributed by atoms with Crippen LogP contribution in [0.25, 0.3) is 15.3 Å². The van der Waals surface area contributed by atoms with Gasteiger partial charge in [-0.3, -0.25) is 9.48 Å². The third kappa shape index (κ3) is 2.68. The van der Waals surface area contributed by atoms with Gasteiger partial charge < -0.3 is 5.32 Å². The maximum atomic E-state index is 13.9. The molecule has 0 saturated heterocycles. The number of aryl methyl sites for hydroxylation is 2. The zero-order chi connectivity index (χ0) is 17.6. The van der Waals surface area contributed by atoms with Gasteiger partial charge in [-0.2, -0.15) is 14.9 Å². The number of fused-ring (bicyclic) bond motifs is 1. The van der Waals surface area contributed by atoms with E-state index in [2.05, 4.69) is 20.5 Å². The molecule has 0 saturated carbocycles. The summed E-state index contributed by atoms with van der Waals surface area (Å²) in [4.78, 5) is 16.7. The molecule has 25 heavy (non-hydrogen) atoms. The second-order valence-corrected chi connectivity index (χ2v) is 6.47. The molecular weight excluding hydrogens is 343 g/mol. The van der Waals surface area contributed by atoms with Crippen LogP contribution in [-0.2, 0) is 7.05 Å². The molecule has 0 bridgehead atoms. The standard InChI is InChI=1S/C16H13FN6OS/c1-9-8-13(19-15(24)11-6-7-18-22(11)2)23(21-9)16-20-14-10(17)4-3-5-12(14)25-16/h3-8H,1-2H3,(H,19,24). The number of carbonyl (C=O) groups is 1. The van der Waals surface area contributed by atoms with E-state index in [-0.39, 0.29) is 11.7 Å². The first-order valence-corrected chi connectivity index (χ1v) is 8.26. The van der Waals surface area contributed by atoms with Gasteiger partial charge in [0.2, 0.25) is 5.13 Å². The van der Waals surface area contributed by atoms with Crippen molar-refractivity contribution < 1.29 is 9.18 Å². The van der Waals surface area contributed by atoms with Gasteiger partial charge in [0.05, 0.1) is 10.4 Å². The average molecular weight is 356 g/mol. The molecule has 0 spiro atoms. The molecule has 0 radical (unpaired) electrons. The van der Waals surface area contributed by atoms with Crippen molar-refractivity contribution in [2.45, 2.75) is 6.92 Å². The number of hydrogen-bond acceptors (Lipinski definition) is 5. The van der Waals surface area contributed by atoms with E-state index in [1.807, 2.05) is 6.92 Å². The SMILES string of the molecule is Cc1cc(NC(=O)c2ccnn2C)n(-c2nc3c(F)cccc3s2)n1. The van der Waals surface area contributed by atoms with Crippen LogP contribution in [0.3, 0.4) is 0 Å². The molecule has 3 aromatic heterocycles. The van der Waals surface area contributed by atoms with E-state index in [0.29, 0.717) is 32.6 Å². The van der Waals surface area contributed by atoms with Gasteiger partial charge in [0.25, 0.3) is 5.91 Å². The zero-order valence-electron chi connectivity index (χ0n) is 13.4. The lowest BCUT2D eigenvalue weighted by atomic mass is 10.3. The van der Waals surface area contributed by atoms with Gasteiger partial charge in [-0.25, -0.2) is 9.37 Å². The summed E-state index contributed by atoms with van der Waals surface area (Å²) in [7, 11) is 1.69. The second kappa shape index (κ2) is 5.78. The summed E-state index contributed by atoms with van der Waals surface area (Å²) in [6.07, 6.45) is 1.55. The van der Waals surface area contributed by atoms with Crippen LogP contribution in [-0.4, -0.2) is 30.5 Å². The fourth-order valence-corrected chi connectivity index (χ4v) is 3.45. The zero-order valence-corrected chi connectivity index (χ0v) is 14.2. The summed E-state index contributed by atoms with van der Waals surface area (Å²) >= 11 is 1.30. The quantitative estimate of drug-likeness (QED) is 0.612. The largest absolute Gasteiger partial charge is 0.305 e. The number of thiazole rings is 1. The number of benzene rings is 1. The Morgan fingerprint density at radius 2 is 2.16 bits per heavy atom. The third-order valence-electron chi connectivity index (χ3n) is 3.67. The van der Waals surface area contributed by atoms with Gasteiger partial charge in [0.15, 0.2) is 0 Å². The van der Waals surface area contributed by atoms with Crippen LogP contribution in [0.15, 0.2) is 36.5 Å². The lowest BCUT2D eigenvalue weighted by Gasteiger charge is -2.06. The fraction of sp³-hybridized carbons (Fsp3) is 0.125. The predicted octanol–water partition coefficient (Wildman–Crippen LogP) is 2.92. The molecule has 0 aliphatic heterocycles. The van der Waals surface area contributed by atoms with Gasteiger partial charge in [-0.05, 0) is 25.1 Å². The molecule has 0 unspecified atom stereocenters. The number of hydrogen-bond donors (Lipinski definition) is 1. The van der Waals surface area contributed by atoms with Crippen molar-refractivity contribution >= 4 is 33.3 Å². The maximum Gasteiger partial charge on any atom is 0.275 e. The third-order valence-corrected chi connectivity index (χ3v) is 4.66. The van der Waals surface area contributed by atoms with Crippen molar-refractivity contribution in [2.24, 2.45) is 7.05 Å². The van der Waals surface area contributed by atoms with E-state index in [1.54, 1.807) is 37.5 Å². The Morgan fingerprint density at radius 1 is 1.32 bits per heavy atom. The molecule has 1 N–H and O–H groups in total. The summed E-state index contributed by atoms with van der Waals surface area (Å²) in [5, 5.41) is 11.6. The van der Waals surface area contributed by atoms with Gasteiger partial charge in [-0.15, -0.1) is 0 Å². The molecule has 3 heterocycles. The number of nitrogens with one attached hydrogen (secondary N) is 1. The summed E-state index contributed by atoms with van der Waals surface area (Å²) < 4.78 is 17.6. The van der Waals surface area contributed by atoms with Gasteiger partial charge in [0.1, 0.15) is 22.8 Å². The highest BCUT2D eigenvalue weighted by Gasteiger charge is 2.17. The van der Waals surface area contributed by atoms with E-state index < -0.39 is 0 Å². The molecule has 4 rings (SSSR count). The first-order chi connectivity index (χ1) is 12.0. The smallest absolute Gasteiger partial charge is 0.275 e. The molecule has 1 aromatic carbocycles. The molecule has 4 aromatic rings. The van der Waals surface area contributed by atoms with Crippen molar-refractivity contribution in [3.63, 3.8) is 0 Å². The number of halogens is 1. The topological polar surface area (TPSA) is 77.6 Å². The highest BCUT2D eigenvalue weighted by atomic mass is 32.1. The number of carbonyl (C=O) groups excluding carboxylic acids is 1. The number of amides is 1. The summed E-state index contributed by atoms with van der Waals surface area (Å²) in [6, 6.07) is 8.15. The van der Waals surface area contributed by atoms with Crippen LogP contribution < -0.4 is 5.32 Å². The Kier molecular flexibility index (Phi) is 3.57. The number of aromatic nitrogens is 5. The first-order valence-electron chi connectivity index (χ1n) is 7.44. The Labute approximate surface area is 145 Å². The second-order valence-electron chi connectivity index (χ2n) is 5.46. The van der Waals surface area contributed by atoms with Crippen molar-refractivity contribution in [2.75, 3.05) is 5.32 Å². The summed E-state index contributed by atoms with van der Waals surface area (Å²) in [6.45, 7) is 1.81. The minimum Gasteiger partial charge on any atom is -0.305 e. The lowest BCUT2D eigenvalue weighted by Crippen LogP contribution is -2.18. The van der Waals surface area contributed by atoms with Crippen LogP contribution in [0.2, 0.25) is 0 Å². The van der Waals surface area contributed by atoms with Gasteiger partial charge >= 0.3 is 0 Å². The van der Waals surface area contributed by atoms with Gasteiger partial charge in [0, 0.05) is 19.3 Å². The van der Waals surface area contributed by atoms with Crippen LogP contribution in [0.4, 0.5) is 10.2 Å². The molecule has 0 fully saturated rings. The van der Waals surface area contributed by atoms with Gasteiger partial charge in [-0.1, -0.05) is 17.4 Å². The first kappa shape index (κ1) is 15.5. The molecule has 0 aliphatic carbocycles. The molecule has 9 heteroatoms. The maximum absolute atomic E-state index is 13.9. The van der Waals surface area contributed by atoms with E-state index in [1.165, 1.54) is 26.8 Å². The lowest BCUT2D eigenvalue weighted by molar-refractivity contribution is 0.101.